The van der Waals surface area contributed by atoms with Gasteiger partial charge in [0.1, 0.15) is 13.2 Å². The van der Waals surface area contributed by atoms with Crippen LogP contribution in [0.25, 0.3) is 0 Å². The van der Waals surface area contributed by atoms with E-state index in [4.69, 9.17) is 14.2 Å². The Labute approximate surface area is 441 Å². The monoisotopic (exact) mass is 991 g/mol. The van der Waals surface area contributed by atoms with Crippen LogP contribution in [-0.4, -0.2) is 37.2 Å². The van der Waals surface area contributed by atoms with E-state index in [-0.39, 0.29) is 37.5 Å². The second-order valence-corrected chi connectivity index (χ2v) is 18.4. The van der Waals surface area contributed by atoms with Crippen molar-refractivity contribution in [3.63, 3.8) is 0 Å². The van der Waals surface area contributed by atoms with E-state index >= 15 is 0 Å². The standard InChI is InChI=1S/C66H102O6/c1-4-7-10-13-16-19-22-25-28-31-33-36-38-41-44-47-50-53-56-59-65(68)71-62-63(61-70-64(67)58-55-52-49-46-43-40-37-34-30-27-24-21-18-15-12-9-6-3)72-66(69)60-57-54-51-48-45-42-39-35-32-29-26-23-20-17-14-11-8-5-2/h7,10-11,13-14,16-17,19-20,22-23,25-33,35-36,38-39,41,44,63H,4-6,8-9,12,15,18,21,24,34,37,40,42-43,45-62H2,1-3H3/b10-7-,14-11-,16-13-,20-17-,22-19-,26-23-,28-25-,30-27-,32-29-,33-31+,38-36-,39-35-,44-41-. The number of esters is 3. The highest BCUT2D eigenvalue weighted by atomic mass is 16.6. The molecular formula is C66H102O6. The zero-order valence-corrected chi connectivity index (χ0v) is 45.9. The van der Waals surface area contributed by atoms with Crippen LogP contribution in [-0.2, 0) is 28.6 Å². The van der Waals surface area contributed by atoms with Crippen molar-refractivity contribution in [1.29, 1.82) is 0 Å². The molecule has 402 valence electrons. The Balaban J connectivity index is 4.59. The molecule has 1 atom stereocenters. The molecule has 0 aliphatic carbocycles. The van der Waals surface area contributed by atoms with Crippen molar-refractivity contribution >= 4 is 17.9 Å². The Kier molecular flexibility index (Phi) is 54.6. The van der Waals surface area contributed by atoms with Gasteiger partial charge < -0.3 is 14.2 Å². The van der Waals surface area contributed by atoms with Gasteiger partial charge in [-0.3, -0.25) is 14.4 Å². The second kappa shape index (κ2) is 58.6. The summed E-state index contributed by atoms with van der Waals surface area (Å²) in [5, 5.41) is 0. The topological polar surface area (TPSA) is 78.9 Å². The van der Waals surface area contributed by atoms with Gasteiger partial charge in [0, 0.05) is 19.3 Å². The van der Waals surface area contributed by atoms with Crippen LogP contribution in [0.3, 0.4) is 0 Å². The Hall–Kier alpha value is -4.97. The summed E-state index contributed by atoms with van der Waals surface area (Å²) in [6.45, 7) is 6.32. The maximum absolute atomic E-state index is 12.9. The number of hydrogen-bond donors (Lipinski definition) is 0. The van der Waals surface area contributed by atoms with Gasteiger partial charge in [-0.2, -0.15) is 0 Å². The predicted octanol–water partition coefficient (Wildman–Crippen LogP) is 19.4. The summed E-state index contributed by atoms with van der Waals surface area (Å²) < 4.78 is 16.8. The molecule has 0 rings (SSSR count). The first-order valence-corrected chi connectivity index (χ1v) is 28.7. The van der Waals surface area contributed by atoms with Crippen molar-refractivity contribution in [3.8, 4) is 0 Å². The van der Waals surface area contributed by atoms with E-state index in [0.717, 1.165) is 89.9 Å². The van der Waals surface area contributed by atoms with E-state index in [9.17, 15) is 14.4 Å². The van der Waals surface area contributed by atoms with Crippen LogP contribution in [0.15, 0.2) is 158 Å². The molecule has 0 fully saturated rings. The molecule has 0 aromatic carbocycles. The smallest absolute Gasteiger partial charge is 0.306 e. The maximum Gasteiger partial charge on any atom is 0.306 e. The number of ether oxygens (including phenoxy) is 3. The fourth-order valence-corrected chi connectivity index (χ4v) is 7.27. The minimum absolute atomic E-state index is 0.113. The largest absolute Gasteiger partial charge is 0.462 e. The Bertz CT molecular complexity index is 1660. The van der Waals surface area contributed by atoms with Gasteiger partial charge in [0.2, 0.25) is 0 Å². The van der Waals surface area contributed by atoms with Crippen LogP contribution in [0.2, 0.25) is 0 Å². The third-order valence-corrected chi connectivity index (χ3v) is 11.5. The number of unbranched alkanes of at least 4 members (excludes halogenated alkanes) is 22. The highest BCUT2D eigenvalue weighted by molar-refractivity contribution is 5.71. The maximum atomic E-state index is 12.9. The van der Waals surface area contributed by atoms with Gasteiger partial charge in [-0.25, -0.2) is 0 Å². The van der Waals surface area contributed by atoms with Crippen LogP contribution in [0.5, 0.6) is 0 Å². The molecule has 0 aliphatic rings. The lowest BCUT2D eigenvalue weighted by Crippen LogP contribution is -2.30. The molecule has 1 unspecified atom stereocenters. The minimum atomic E-state index is -0.822. The number of carbonyl (C=O) groups is 3. The van der Waals surface area contributed by atoms with Crippen molar-refractivity contribution in [1.82, 2.24) is 0 Å². The van der Waals surface area contributed by atoms with Crippen molar-refractivity contribution in [2.45, 2.75) is 226 Å². The van der Waals surface area contributed by atoms with E-state index < -0.39 is 6.10 Å². The predicted molar refractivity (Wildman–Crippen MR) is 311 cm³/mol. The molecule has 0 spiro atoms. The summed E-state index contributed by atoms with van der Waals surface area (Å²) in [5.41, 5.74) is 0. The van der Waals surface area contributed by atoms with Gasteiger partial charge in [-0.05, 0) is 83.5 Å². The second-order valence-electron chi connectivity index (χ2n) is 18.4. The Morgan fingerprint density at radius 1 is 0.292 bits per heavy atom. The average Bonchev–Trinajstić information content (AvgIpc) is 3.38. The first-order chi connectivity index (χ1) is 35.5. The van der Waals surface area contributed by atoms with Crippen molar-refractivity contribution in [2.75, 3.05) is 13.2 Å². The first kappa shape index (κ1) is 67.0. The normalized spacial score (nSPS) is 13.3. The third-order valence-electron chi connectivity index (χ3n) is 11.5. The highest BCUT2D eigenvalue weighted by Crippen LogP contribution is 2.14. The lowest BCUT2D eigenvalue weighted by molar-refractivity contribution is -0.167. The first-order valence-electron chi connectivity index (χ1n) is 28.7. The summed E-state index contributed by atoms with van der Waals surface area (Å²) in [6, 6.07) is 0. The molecule has 0 radical (unpaired) electrons. The summed E-state index contributed by atoms with van der Waals surface area (Å²) in [5.74, 6) is -0.997. The van der Waals surface area contributed by atoms with Gasteiger partial charge in [-0.1, -0.05) is 275 Å². The van der Waals surface area contributed by atoms with Gasteiger partial charge >= 0.3 is 17.9 Å². The molecule has 0 N–H and O–H groups in total. The zero-order valence-electron chi connectivity index (χ0n) is 45.9. The van der Waals surface area contributed by atoms with Gasteiger partial charge in [0.15, 0.2) is 6.10 Å². The van der Waals surface area contributed by atoms with Crippen molar-refractivity contribution in [2.24, 2.45) is 0 Å². The third kappa shape index (κ3) is 56.0. The quantitative estimate of drug-likeness (QED) is 0.0199. The van der Waals surface area contributed by atoms with Crippen LogP contribution < -0.4 is 0 Å². The van der Waals surface area contributed by atoms with Crippen molar-refractivity contribution in [3.05, 3.63) is 158 Å². The highest BCUT2D eigenvalue weighted by Gasteiger charge is 2.19. The molecule has 0 bridgehead atoms. The van der Waals surface area contributed by atoms with Crippen LogP contribution in [0.4, 0.5) is 0 Å². The summed E-state index contributed by atoms with van der Waals surface area (Å²) in [6.07, 6.45) is 85.0. The van der Waals surface area contributed by atoms with Crippen LogP contribution in [0.1, 0.15) is 220 Å². The molecule has 0 saturated heterocycles. The number of hydrogen-bond acceptors (Lipinski definition) is 6. The SMILES string of the molecule is CC\C=C/C=C\C=C/C=C\C=C\C=C/C=C\CCCCCC(=O)OCC(COC(=O)CCCCCCCCC/C=C\CCCCCCCC)OC(=O)CCCCCCC\C=C/C=C\C=C/C=C\C=C/CCC. The number of allylic oxidation sites excluding steroid dienone is 26. The van der Waals surface area contributed by atoms with E-state index in [1.807, 2.05) is 109 Å². The van der Waals surface area contributed by atoms with Gasteiger partial charge in [-0.15, -0.1) is 0 Å². The molecule has 72 heavy (non-hydrogen) atoms. The molecule has 0 saturated carbocycles. The minimum Gasteiger partial charge on any atom is -0.462 e. The molecular weight excluding hydrogens is 889 g/mol. The molecule has 0 aliphatic heterocycles. The lowest BCUT2D eigenvalue weighted by Gasteiger charge is -2.18. The lowest BCUT2D eigenvalue weighted by atomic mass is 10.1. The zero-order chi connectivity index (χ0) is 52.2. The van der Waals surface area contributed by atoms with Gasteiger partial charge in [0.25, 0.3) is 0 Å². The van der Waals surface area contributed by atoms with Crippen LogP contribution >= 0.6 is 0 Å². The summed E-state index contributed by atoms with van der Waals surface area (Å²) in [4.78, 5) is 38.2. The van der Waals surface area contributed by atoms with E-state index in [0.29, 0.717) is 19.3 Å². The molecule has 0 aromatic heterocycles. The molecule has 0 aromatic rings. The number of carbonyl (C=O) groups excluding carboxylic acids is 3. The molecule has 6 nitrogen and oxygen atoms in total. The summed E-state index contributed by atoms with van der Waals surface area (Å²) in [7, 11) is 0. The fraction of sp³-hybridized carbons (Fsp3) is 0.561. The van der Waals surface area contributed by atoms with Gasteiger partial charge in [0.05, 0.1) is 0 Å². The van der Waals surface area contributed by atoms with Crippen LogP contribution in [0, 0.1) is 0 Å². The molecule has 6 heteroatoms. The van der Waals surface area contributed by atoms with E-state index in [1.165, 1.54) is 83.5 Å². The average molecular weight is 992 g/mol. The fourth-order valence-electron chi connectivity index (χ4n) is 7.27. The Morgan fingerprint density at radius 2 is 0.583 bits per heavy atom. The Morgan fingerprint density at radius 3 is 0.958 bits per heavy atom. The summed E-state index contributed by atoms with van der Waals surface area (Å²) >= 11 is 0. The number of rotatable bonds is 49. The molecule has 0 heterocycles. The molecule has 0 amide bonds. The van der Waals surface area contributed by atoms with Crippen molar-refractivity contribution < 1.29 is 28.6 Å². The van der Waals surface area contributed by atoms with E-state index in [1.54, 1.807) is 0 Å². The van der Waals surface area contributed by atoms with E-state index in [2.05, 4.69) is 69.4 Å².